The lowest BCUT2D eigenvalue weighted by atomic mass is 10.1. The highest BCUT2D eigenvalue weighted by atomic mass is 16.3. The first-order valence-electron chi connectivity index (χ1n) is 6.81. The highest BCUT2D eigenvalue weighted by molar-refractivity contribution is 5.88. The first kappa shape index (κ1) is 6.18. The standard InChI is InChI=1S/C12H16N2O/c1-14(2)7-6-9-8-13-10-4-3-5-11(15)12(9)10/h3-5,8,13,15H,6-7H2,1-2H3/i1D3,6D. The van der Waals surface area contributed by atoms with E-state index >= 15 is 0 Å². The van der Waals surface area contributed by atoms with E-state index in [4.69, 9.17) is 5.48 Å². The summed E-state index contributed by atoms with van der Waals surface area (Å²) in [6.07, 6.45) is 0.905. The van der Waals surface area contributed by atoms with Gasteiger partial charge < -0.3 is 15.0 Å². The number of aromatic amines is 1. The molecule has 0 aliphatic heterocycles. The number of aromatic hydroxyl groups is 1. The van der Waals surface area contributed by atoms with Crippen LogP contribution in [0, 0.1) is 0 Å². The van der Waals surface area contributed by atoms with Crippen molar-refractivity contribution in [3.63, 3.8) is 0 Å². The molecule has 1 aromatic heterocycles. The average Bonchev–Trinajstić information content (AvgIpc) is 2.72. The first-order chi connectivity index (χ1) is 8.80. The van der Waals surface area contributed by atoms with Crippen LogP contribution in [0.4, 0.5) is 0 Å². The number of phenolic OH excluding ortho intramolecular Hbond substituents is 1. The Morgan fingerprint density at radius 1 is 1.60 bits per heavy atom. The van der Waals surface area contributed by atoms with Crippen LogP contribution in [-0.2, 0) is 6.40 Å². The number of nitrogens with one attached hydrogen (secondary N) is 1. The summed E-state index contributed by atoms with van der Waals surface area (Å²) in [5, 5.41) is 10.4. The molecule has 1 unspecified atom stereocenters. The maximum atomic E-state index is 9.86. The Morgan fingerprint density at radius 2 is 2.47 bits per heavy atom. The van der Waals surface area contributed by atoms with Gasteiger partial charge in [0.2, 0.25) is 0 Å². The van der Waals surface area contributed by atoms with E-state index in [9.17, 15) is 5.11 Å². The van der Waals surface area contributed by atoms with E-state index in [0.29, 0.717) is 10.9 Å². The molecule has 1 aromatic carbocycles. The van der Waals surface area contributed by atoms with Crippen LogP contribution in [0.5, 0.6) is 5.75 Å². The van der Waals surface area contributed by atoms with Crippen molar-refractivity contribution < 1.29 is 10.6 Å². The highest BCUT2D eigenvalue weighted by Crippen LogP contribution is 2.27. The van der Waals surface area contributed by atoms with Crippen LogP contribution in [0.15, 0.2) is 24.4 Å². The van der Waals surface area contributed by atoms with Gasteiger partial charge in [0.25, 0.3) is 0 Å². The Labute approximate surface area is 95.0 Å². The van der Waals surface area contributed by atoms with E-state index in [-0.39, 0.29) is 12.3 Å². The third-order valence-corrected chi connectivity index (χ3v) is 2.30. The Kier molecular flexibility index (Phi) is 1.63. The molecule has 2 rings (SSSR count). The zero-order valence-corrected chi connectivity index (χ0v) is 8.49. The van der Waals surface area contributed by atoms with E-state index in [0.717, 1.165) is 10.4 Å². The molecule has 3 nitrogen and oxygen atoms in total. The van der Waals surface area contributed by atoms with Crippen LogP contribution in [0.25, 0.3) is 10.9 Å². The Bertz CT molecular complexity index is 579. The molecule has 80 valence electrons. The van der Waals surface area contributed by atoms with E-state index in [1.165, 1.54) is 7.05 Å². The van der Waals surface area contributed by atoms with Crippen molar-refractivity contribution in [3.05, 3.63) is 30.0 Å². The second-order valence-electron chi connectivity index (χ2n) is 3.53. The maximum absolute atomic E-state index is 9.86. The summed E-state index contributed by atoms with van der Waals surface area (Å²) in [6, 6.07) is 5.07. The Hall–Kier alpha value is -1.48. The number of hydrogen-bond donors (Lipinski definition) is 2. The molecule has 1 heterocycles. The van der Waals surface area contributed by atoms with Gasteiger partial charge in [-0.2, -0.15) is 0 Å². The maximum Gasteiger partial charge on any atom is 0.125 e. The van der Waals surface area contributed by atoms with Crippen LogP contribution in [0.1, 0.15) is 11.0 Å². The smallest absolute Gasteiger partial charge is 0.125 e. The summed E-state index contributed by atoms with van der Waals surface area (Å²) in [4.78, 5) is 4.14. The molecule has 1 atom stereocenters. The van der Waals surface area contributed by atoms with Crippen LogP contribution >= 0.6 is 0 Å². The predicted octanol–water partition coefficient (Wildman–Crippen LogP) is 1.98. The molecular formula is C12H16N2O. The summed E-state index contributed by atoms with van der Waals surface area (Å²) in [6.45, 7) is -2.15. The molecule has 0 aliphatic carbocycles. The average molecular weight is 208 g/mol. The Balaban J connectivity index is 2.30. The summed E-state index contributed by atoms with van der Waals surface area (Å²) in [7, 11) is 1.46. The highest BCUT2D eigenvalue weighted by Gasteiger charge is 2.07. The van der Waals surface area contributed by atoms with Crippen molar-refractivity contribution in [2.24, 2.45) is 0 Å². The lowest BCUT2D eigenvalue weighted by molar-refractivity contribution is 0.414. The van der Waals surface area contributed by atoms with Gasteiger partial charge in [0.15, 0.2) is 0 Å². The molecule has 0 saturated carbocycles. The minimum atomic E-state index is -2.21. The zero-order chi connectivity index (χ0) is 14.2. The van der Waals surface area contributed by atoms with Gasteiger partial charge in [0, 0.05) is 29.1 Å². The molecule has 0 saturated heterocycles. The topological polar surface area (TPSA) is 39.3 Å². The third-order valence-electron chi connectivity index (χ3n) is 2.30. The molecule has 0 bridgehead atoms. The lowest BCUT2D eigenvalue weighted by Crippen LogP contribution is -2.14. The molecule has 0 spiro atoms. The van der Waals surface area contributed by atoms with Crippen molar-refractivity contribution in [1.82, 2.24) is 9.88 Å². The largest absolute Gasteiger partial charge is 0.507 e. The minimum Gasteiger partial charge on any atom is -0.507 e. The quantitative estimate of drug-likeness (QED) is 0.809. The van der Waals surface area contributed by atoms with E-state index in [2.05, 4.69) is 4.98 Å². The van der Waals surface area contributed by atoms with Gasteiger partial charge in [-0.3, -0.25) is 0 Å². The number of phenols is 1. The number of H-pyrrole nitrogens is 1. The third kappa shape index (κ3) is 1.97. The minimum absolute atomic E-state index is 0.0672. The van der Waals surface area contributed by atoms with Crippen LogP contribution in [-0.4, -0.2) is 35.6 Å². The van der Waals surface area contributed by atoms with Gasteiger partial charge in [0.05, 0.1) is 0 Å². The lowest BCUT2D eigenvalue weighted by Gasteiger charge is -2.08. The van der Waals surface area contributed by atoms with Gasteiger partial charge in [-0.15, -0.1) is 0 Å². The van der Waals surface area contributed by atoms with Gasteiger partial charge in [-0.25, -0.2) is 0 Å². The Morgan fingerprint density at radius 3 is 3.27 bits per heavy atom. The molecule has 15 heavy (non-hydrogen) atoms. The summed E-state index contributed by atoms with van der Waals surface area (Å²) in [5.74, 6) is 0.0996. The molecule has 0 amide bonds. The fraction of sp³-hybridized carbons (Fsp3) is 0.333. The van der Waals surface area contributed by atoms with Crippen molar-refractivity contribution >= 4 is 10.9 Å². The summed E-state index contributed by atoms with van der Waals surface area (Å²) in [5.41, 5.74) is 1.34. The predicted molar refractivity (Wildman–Crippen MR) is 62.2 cm³/mol. The fourth-order valence-corrected chi connectivity index (χ4v) is 1.59. The second-order valence-corrected chi connectivity index (χ2v) is 3.53. The number of hydrogen-bond acceptors (Lipinski definition) is 2. The van der Waals surface area contributed by atoms with E-state index in [1.54, 1.807) is 24.4 Å². The summed E-state index contributed by atoms with van der Waals surface area (Å²) >= 11 is 0. The zero-order valence-electron chi connectivity index (χ0n) is 12.5. The molecule has 2 N–H and O–H groups in total. The molecular weight excluding hydrogens is 188 g/mol. The number of likely N-dealkylation sites (N-methyl/N-ethyl adjacent to an activating group) is 1. The van der Waals surface area contributed by atoms with Crippen molar-refractivity contribution in [2.75, 3.05) is 20.6 Å². The first-order valence-corrected chi connectivity index (χ1v) is 4.73. The molecule has 0 aliphatic rings. The van der Waals surface area contributed by atoms with Crippen LogP contribution < -0.4 is 0 Å². The summed E-state index contributed by atoms with van der Waals surface area (Å²) < 4.78 is 29.9. The molecule has 0 fully saturated rings. The van der Waals surface area contributed by atoms with Gasteiger partial charge >= 0.3 is 0 Å². The number of aromatic nitrogens is 1. The number of nitrogens with zero attached hydrogens (tertiary/aromatic N) is 1. The van der Waals surface area contributed by atoms with Gasteiger partial charge in [-0.1, -0.05) is 6.07 Å². The molecule has 3 heteroatoms. The van der Waals surface area contributed by atoms with Crippen molar-refractivity contribution in [2.45, 2.75) is 6.40 Å². The number of rotatable bonds is 3. The van der Waals surface area contributed by atoms with Crippen LogP contribution in [0.2, 0.25) is 0 Å². The van der Waals surface area contributed by atoms with Crippen molar-refractivity contribution in [1.29, 1.82) is 0 Å². The van der Waals surface area contributed by atoms with E-state index < -0.39 is 13.4 Å². The van der Waals surface area contributed by atoms with Gasteiger partial charge in [-0.05, 0) is 38.1 Å². The van der Waals surface area contributed by atoms with Gasteiger partial charge in [0.1, 0.15) is 5.75 Å². The normalized spacial score (nSPS) is 18.3. The van der Waals surface area contributed by atoms with Crippen molar-refractivity contribution in [3.8, 4) is 5.75 Å². The second kappa shape index (κ2) is 3.95. The van der Waals surface area contributed by atoms with Crippen LogP contribution in [0.3, 0.4) is 0 Å². The van der Waals surface area contributed by atoms with E-state index in [1.807, 2.05) is 0 Å². The monoisotopic (exact) mass is 208 g/mol. The number of benzene rings is 1. The number of fused-ring (bicyclic) bond motifs is 1. The fourth-order valence-electron chi connectivity index (χ4n) is 1.59. The molecule has 2 aromatic rings. The molecule has 0 radical (unpaired) electrons. The SMILES string of the molecule is [2H]C(CN(C)C([2H])([2H])[2H])c1c[nH]c2cccc(O)c12.